The molecule has 8 atom stereocenters. The molecular formula is C23H32FO8S-. The van der Waals surface area contributed by atoms with Gasteiger partial charge in [0.1, 0.15) is 12.2 Å². The Morgan fingerprint density at radius 2 is 1.88 bits per heavy atom. The van der Waals surface area contributed by atoms with Crippen LogP contribution in [0.2, 0.25) is 0 Å². The first-order chi connectivity index (χ1) is 15.0. The zero-order valence-electron chi connectivity index (χ0n) is 19.2. The fourth-order valence-corrected chi connectivity index (χ4v) is 7.26. The average Bonchev–Trinajstić information content (AvgIpc) is 2.89. The number of rotatable bonds is 2. The number of carbonyl (C=O) groups is 2. The maximum atomic E-state index is 16.9. The summed E-state index contributed by atoms with van der Waals surface area (Å²) in [5, 5.41) is 32.0. The number of fused-ring (bicyclic) bond motifs is 5. The van der Waals surface area contributed by atoms with Crippen molar-refractivity contribution in [3.05, 3.63) is 23.8 Å². The van der Waals surface area contributed by atoms with E-state index in [1.807, 2.05) is 0 Å². The lowest BCUT2D eigenvalue weighted by molar-refractivity contribution is -0.219. The molecule has 186 valence electrons. The zero-order chi connectivity index (χ0) is 25.2. The lowest BCUT2D eigenvalue weighted by Crippen LogP contribution is -2.69. The van der Waals surface area contributed by atoms with Crippen molar-refractivity contribution in [2.75, 3.05) is 12.9 Å². The number of aliphatic hydroxyl groups excluding tert-OH is 2. The van der Waals surface area contributed by atoms with Crippen molar-refractivity contribution in [1.82, 2.24) is 0 Å². The van der Waals surface area contributed by atoms with Crippen LogP contribution in [0.1, 0.15) is 46.5 Å². The number of halogens is 1. The predicted octanol–water partition coefficient (Wildman–Crippen LogP) is 1.06. The molecule has 0 heterocycles. The molecule has 0 radical (unpaired) electrons. The van der Waals surface area contributed by atoms with Crippen molar-refractivity contribution in [2.24, 2.45) is 28.6 Å². The van der Waals surface area contributed by atoms with Crippen LogP contribution in [0.5, 0.6) is 0 Å². The van der Waals surface area contributed by atoms with Gasteiger partial charge in [-0.15, -0.1) is 0 Å². The topological polar surface area (TPSA) is 152 Å². The van der Waals surface area contributed by atoms with E-state index in [0.717, 1.165) is 0 Å². The highest BCUT2D eigenvalue weighted by Crippen LogP contribution is 2.70. The summed E-state index contributed by atoms with van der Waals surface area (Å²) in [5.74, 6) is -2.12. The molecule has 4 aliphatic rings. The molecule has 3 saturated carbocycles. The third kappa shape index (κ3) is 3.65. The van der Waals surface area contributed by atoms with Crippen LogP contribution in [0.4, 0.5) is 4.39 Å². The van der Waals surface area contributed by atoms with Gasteiger partial charge in [0, 0.05) is 23.0 Å². The van der Waals surface area contributed by atoms with E-state index in [0.29, 0.717) is 31.1 Å². The van der Waals surface area contributed by atoms with Crippen molar-refractivity contribution >= 4 is 21.7 Å². The lowest BCUT2D eigenvalue weighted by atomic mass is 9.44. The molecule has 0 saturated heterocycles. The molecule has 0 unspecified atom stereocenters. The molecule has 0 spiro atoms. The molecule has 33 heavy (non-hydrogen) atoms. The number of hydrogen-bond donors (Lipinski definition) is 3. The number of ketones is 2. The van der Waals surface area contributed by atoms with Crippen LogP contribution in [0.15, 0.2) is 23.8 Å². The molecular weight excluding hydrogens is 455 g/mol. The van der Waals surface area contributed by atoms with E-state index < -0.39 is 62.5 Å². The Morgan fingerprint density at radius 1 is 1.30 bits per heavy atom. The summed E-state index contributed by atoms with van der Waals surface area (Å²) in [7, 11) is -3.92. The van der Waals surface area contributed by atoms with Gasteiger partial charge in [0.2, 0.25) is 0 Å². The van der Waals surface area contributed by atoms with Crippen molar-refractivity contribution in [3.8, 4) is 0 Å². The summed E-state index contributed by atoms with van der Waals surface area (Å²) >= 11 is 0. The van der Waals surface area contributed by atoms with E-state index >= 15 is 4.39 Å². The minimum Gasteiger partial charge on any atom is -0.748 e. The molecule has 0 aliphatic heterocycles. The van der Waals surface area contributed by atoms with Gasteiger partial charge in [-0.05, 0) is 56.6 Å². The molecule has 0 aromatic heterocycles. The minimum absolute atomic E-state index is 0.0676. The maximum Gasteiger partial charge on any atom is 0.190 e. The van der Waals surface area contributed by atoms with Gasteiger partial charge in [-0.2, -0.15) is 0 Å². The first-order valence-electron chi connectivity index (χ1n) is 11.1. The number of allylic oxidation sites excluding steroid dienone is 4. The van der Waals surface area contributed by atoms with Crippen LogP contribution in [-0.4, -0.2) is 70.1 Å². The van der Waals surface area contributed by atoms with Crippen LogP contribution < -0.4 is 0 Å². The SMILES string of the molecule is CS(=O)(=O)[O-].C[C@@H]1C[C@H]2[C@@H]3CCC4=CC(=O)C=C[C@]4(C)[C@@]3(F)[C@@H](O)C[C@]2(C)[C@@]1(O)C(=O)CO. The number of hydrogen-bond acceptors (Lipinski definition) is 8. The Kier molecular flexibility index (Phi) is 6.38. The quantitative estimate of drug-likeness (QED) is 0.489. The predicted molar refractivity (Wildman–Crippen MR) is 116 cm³/mol. The van der Waals surface area contributed by atoms with Crippen LogP contribution in [0, 0.1) is 28.6 Å². The Labute approximate surface area is 193 Å². The van der Waals surface area contributed by atoms with Crippen LogP contribution in [0.3, 0.4) is 0 Å². The number of carbonyl (C=O) groups excluding carboxylic acids is 2. The van der Waals surface area contributed by atoms with Gasteiger partial charge < -0.3 is 19.9 Å². The van der Waals surface area contributed by atoms with Crippen molar-refractivity contribution in [1.29, 1.82) is 0 Å². The summed E-state index contributed by atoms with van der Waals surface area (Å²) in [6, 6.07) is 0. The van der Waals surface area contributed by atoms with Crippen molar-refractivity contribution in [2.45, 2.75) is 63.8 Å². The highest BCUT2D eigenvalue weighted by molar-refractivity contribution is 7.84. The maximum absolute atomic E-state index is 16.9. The lowest BCUT2D eigenvalue weighted by Gasteiger charge is -2.62. The second-order valence-electron chi connectivity index (χ2n) is 10.5. The molecule has 0 bridgehead atoms. The van der Waals surface area contributed by atoms with Crippen LogP contribution in [0.25, 0.3) is 0 Å². The first kappa shape index (κ1) is 26.2. The van der Waals surface area contributed by atoms with Crippen LogP contribution >= 0.6 is 0 Å². The monoisotopic (exact) mass is 487 g/mol. The molecule has 3 N–H and O–H groups in total. The molecule has 8 nitrogen and oxygen atoms in total. The first-order valence-corrected chi connectivity index (χ1v) is 12.9. The Hall–Kier alpha value is -1.46. The summed E-state index contributed by atoms with van der Waals surface area (Å²) in [6.07, 6.45) is 5.04. The fraction of sp³-hybridized carbons (Fsp3) is 0.739. The summed E-state index contributed by atoms with van der Waals surface area (Å²) in [5.41, 5.74) is -5.17. The van der Waals surface area contributed by atoms with Gasteiger partial charge in [0.25, 0.3) is 0 Å². The van der Waals surface area contributed by atoms with E-state index in [1.54, 1.807) is 26.8 Å². The molecule has 4 aliphatic carbocycles. The highest BCUT2D eigenvalue weighted by atomic mass is 32.2. The third-order valence-electron chi connectivity index (χ3n) is 8.79. The van der Waals surface area contributed by atoms with E-state index in [2.05, 4.69) is 0 Å². The molecule has 0 amide bonds. The molecule has 4 rings (SSSR count). The van der Waals surface area contributed by atoms with E-state index in [4.69, 9.17) is 13.0 Å². The molecule has 3 fully saturated rings. The van der Waals surface area contributed by atoms with E-state index in [-0.39, 0.29) is 18.1 Å². The standard InChI is InChI=1S/C22H29FO5.CH4O3S/c1-12-8-16-15-5-4-13-9-14(25)6-7-19(13,2)21(15,23)17(26)10-20(16,3)22(12,28)18(27)11-24;1-5(2,3)4/h6-7,9,12,15-17,24,26,28H,4-5,8,10-11H2,1-3H3;1H3,(H,2,3,4)/p-1/t12-,15+,16+,17+,19+,20+,21+,22+;/m1./s1. The summed E-state index contributed by atoms with van der Waals surface area (Å²) in [4.78, 5) is 24.4. The second-order valence-corrected chi connectivity index (χ2v) is 11.9. The normalized spacial score (nSPS) is 46.3. The van der Waals surface area contributed by atoms with Gasteiger partial charge in [-0.3, -0.25) is 9.59 Å². The van der Waals surface area contributed by atoms with Gasteiger partial charge >= 0.3 is 0 Å². The third-order valence-corrected chi connectivity index (χ3v) is 8.79. The van der Waals surface area contributed by atoms with Gasteiger partial charge in [0.15, 0.2) is 17.2 Å². The van der Waals surface area contributed by atoms with Crippen LogP contribution in [-0.2, 0) is 19.7 Å². The van der Waals surface area contributed by atoms with Crippen molar-refractivity contribution < 1.29 is 42.3 Å². The number of aliphatic hydroxyl groups is 3. The minimum atomic E-state index is -3.92. The van der Waals surface area contributed by atoms with Gasteiger partial charge in [0.05, 0.1) is 16.2 Å². The largest absolute Gasteiger partial charge is 0.748 e. The van der Waals surface area contributed by atoms with E-state index in [1.165, 1.54) is 12.2 Å². The number of Topliss-reactive ketones (excluding diaryl/α,β-unsaturated/α-hetero) is 1. The summed E-state index contributed by atoms with van der Waals surface area (Å²) in [6.45, 7) is 4.48. The fourth-order valence-electron chi connectivity index (χ4n) is 7.26. The number of alkyl halides is 1. The average molecular weight is 488 g/mol. The van der Waals surface area contributed by atoms with Crippen molar-refractivity contribution in [3.63, 3.8) is 0 Å². The summed E-state index contributed by atoms with van der Waals surface area (Å²) < 4.78 is 44.1. The Morgan fingerprint density at radius 3 is 2.42 bits per heavy atom. The van der Waals surface area contributed by atoms with E-state index in [9.17, 15) is 24.9 Å². The molecule has 0 aromatic rings. The Bertz CT molecular complexity index is 1010. The molecule has 0 aromatic carbocycles. The highest BCUT2D eigenvalue weighted by Gasteiger charge is 2.75. The van der Waals surface area contributed by atoms with Gasteiger partial charge in [-0.25, -0.2) is 12.8 Å². The molecule has 10 heteroatoms. The Balaban J connectivity index is 0.000000555. The smallest absolute Gasteiger partial charge is 0.190 e. The van der Waals surface area contributed by atoms with Gasteiger partial charge in [-0.1, -0.05) is 25.5 Å². The zero-order valence-corrected chi connectivity index (χ0v) is 20.1. The second kappa shape index (κ2) is 8.05.